The molecule has 0 radical (unpaired) electrons. The first-order valence-corrected chi connectivity index (χ1v) is 8.69. The molecule has 3 rings (SSSR count). The van der Waals surface area contributed by atoms with Crippen molar-refractivity contribution in [1.82, 2.24) is 4.90 Å². The molecule has 1 aromatic rings. The number of hydrogen-bond donors (Lipinski definition) is 0. The maximum absolute atomic E-state index is 12.7. The van der Waals surface area contributed by atoms with E-state index >= 15 is 0 Å². The topological polar surface area (TPSA) is 92.0 Å². The van der Waals surface area contributed by atoms with Gasteiger partial charge in [-0.25, -0.2) is 0 Å². The Kier molecular flexibility index (Phi) is 5.52. The molecule has 0 aromatic heterocycles. The zero-order valence-electron chi connectivity index (χ0n) is 14.7. The van der Waals surface area contributed by atoms with Crippen molar-refractivity contribution in [2.24, 2.45) is 11.1 Å². The van der Waals surface area contributed by atoms with E-state index in [1.54, 1.807) is 17.0 Å². The Morgan fingerprint density at radius 3 is 2.62 bits per heavy atom. The molecule has 7 heteroatoms. The number of methoxy groups -OCH3 is 1. The molecule has 1 unspecified atom stereocenters. The van der Waals surface area contributed by atoms with Gasteiger partial charge in [0.25, 0.3) is 5.91 Å². The van der Waals surface area contributed by atoms with E-state index in [9.17, 15) is 9.59 Å². The van der Waals surface area contributed by atoms with E-state index in [-0.39, 0.29) is 17.8 Å². The predicted octanol–water partition coefficient (Wildman–Crippen LogP) is 1.85. The number of hydrogen-bond acceptors (Lipinski definition) is 6. The molecule has 1 saturated heterocycles. The summed E-state index contributed by atoms with van der Waals surface area (Å²) in [4.78, 5) is 31.2. The van der Waals surface area contributed by atoms with Crippen LogP contribution in [0.5, 0.6) is 0 Å². The number of nitriles is 1. The lowest BCUT2D eigenvalue weighted by atomic mass is 9.93. The fourth-order valence-electron chi connectivity index (χ4n) is 3.30. The molecule has 0 N–H and O–H groups in total. The first-order valence-electron chi connectivity index (χ1n) is 8.69. The second-order valence-electron chi connectivity index (χ2n) is 6.57. The van der Waals surface area contributed by atoms with Crippen LogP contribution in [0.2, 0.25) is 0 Å². The Morgan fingerprint density at radius 2 is 2.00 bits per heavy atom. The lowest BCUT2D eigenvalue weighted by molar-refractivity contribution is -0.144. The summed E-state index contributed by atoms with van der Waals surface area (Å²) in [6, 6.07) is 9.14. The number of likely N-dealkylation sites (tertiary alicyclic amines) is 1. The van der Waals surface area contributed by atoms with Gasteiger partial charge in [0.05, 0.1) is 24.5 Å². The minimum atomic E-state index is -0.599. The van der Waals surface area contributed by atoms with E-state index in [0.29, 0.717) is 37.2 Å². The Bertz CT molecular complexity index is 743. The van der Waals surface area contributed by atoms with Crippen LogP contribution in [0.25, 0.3) is 0 Å². The minimum Gasteiger partial charge on any atom is -0.469 e. The van der Waals surface area contributed by atoms with E-state index in [2.05, 4.69) is 11.2 Å². The Labute approximate surface area is 152 Å². The molecular weight excluding hydrogens is 334 g/mol. The first-order chi connectivity index (χ1) is 12.6. The van der Waals surface area contributed by atoms with Crippen molar-refractivity contribution in [3.63, 3.8) is 0 Å². The maximum atomic E-state index is 12.7. The highest BCUT2D eigenvalue weighted by molar-refractivity contribution is 6.04. The number of rotatable bonds is 4. The highest BCUT2D eigenvalue weighted by atomic mass is 16.6. The molecular formula is C19H21N3O4. The van der Waals surface area contributed by atoms with Gasteiger partial charge in [-0.2, -0.15) is 5.26 Å². The highest BCUT2D eigenvalue weighted by Gasteiger charge is 2.34. The number of carbonyl (C=O) groups excluding carboxylic acids is 2. The number of amides is 1. The summed E-state index contributed by atoms with van der Waals surface area (Å²) >= 11 is 0. The fourth-order valence-corrected chi connectivity index (χ4v) is 3.30. The fraction of sp³-hybridized carbons (Fsp3) is 0.474. The summed E-state index contributed by atoms with van der Waals surface area (Å²) < 4.78 is 4.70. The Balaban J connectivity index is 1.51. The van der Waals surface area contributed by atoms with E-state index in [1.165, 1.54) is 7.11 Å². The van der Waals surface area contributed by atoms with Crippen LogP contribution < -0.4 is 0 Å². The molecule has 0 aliphatic carbocycles. The monoisotopic (exact) mass is 355 g/mol. The minimum absolute atomic E-state index is 0.0612. The van der Waals surface area contributed by atoms with Crippen molar-refractivity contribution in [3.05, 3.63) is 35.4 Å². The van der Waals surface area contributed by atoms with Gasteiger partial charge >= 0.3 is 5.97 Å². The number of ether oxygens (including phenoxy) is 1. The largest absolute Gasteiger partial charge is 0.469 e. The number of oxime groups is 1. The quantitative estimate of drug-likeness (QED) is 0.769. The van der Waals surface area contributed by atoms with Crippen molar-refractivity contribution in [1.29, 1.82) is 5.26 Å². The lowest BCUT2D eigenvalue weighted by Crippen LogP contribution is -2.44. The zero-order valence-corrected chi connectivity index (χ0v) is 14.7. The number of carbonyl (C=O) groups is 2. The van der Waals surface area contributed by atoms with Crippen LogP contribution in [-0.4, -0.2) is 48.8 Å². The van der Waals surface area contributed by atoms with Gasteiger partial charge in [0.2, 0.25) is 6.10 Å². The Morgan fingerprint density at radius 1 is 1.31 bits per heavy atom. The van der Waals surface area contributed by atoms with Crippen LogP contribution in [0.1, 0.15) is 36.8 Å². The van der Waals surface area contributed by atoms with E-state index in [1.807, 2.05) is 12.1 Å². The summed E-state index contributed by atoms with van der Waals surface area (Å²) in [7, 11) is 1.39. The van der Waals surface area contributed by atoms with Crippen molar-refractivity contribution in [2.45, 2.75) is 31.8 Å². The molecule has 1 aromatic carbocycles. The van der Waals surface area contributed by atoms with Crippen molar-refractivity contribution in [2.75, 3.05) is 20.2 Å². The molecule has 2 heterocycles. The van der Waals surface area contributed by atoms with Crippen molar-refractivity contribution >= 4 is 17.6 Å². The third kappa shape index (κ3) is 4.02. The number of benzene rings is 1. The van der Waals surface area contributed by atoms with Gasteiger partial charge in [0.15, 0.2) is 0 Å². The first kappa shape index (κ1) is 17.9. The summed E-state index contributed by atoms with van der Waals surface area (Å²) in [5, 5.41) is 12.9. The van der Waals surface area contributed by atoms with Crippen LogP contribution >= 0.6 is 0 Å². The second kappa shape index (κ2) is 8.00. The molecule has 0 spiro atoms. The van der Waals surface area contributed by atoms with Crippen LogP contribution in [0, 0.1) is 17.2 Å². The summed E-state index contributed by atoms with van der Waals surface area (Å²) in [6.45, 7) is 1.24. The van der Waals surface area contributed by atoms with Gasteiger partial charge in [-0.05, 0) is 36.5 Å². The molecule has 1 amide bonds. The summed E-state index contributed by atoms with van der Waals surface area (Å²) in [5.74, 6) is 0.00438. The average molecular weight is 355 g/mol. The predicted molar refractivity (Wildman–Crippen MR) is 93.1 cm³/mol. The number of piperidine rings is 1. The van der Waals surface area contributed by atoms with Gasteiger partial charge in [0, 0.05) is 25.9 Å². The summed E-state index contributed by atoms with van der Waals surface area (Å²) in [5.41, 5.74) is 2.15. The van der Waals surface area contributed by atoms with Crippen LogP contribution in [-0.2, 0) is 19.2 Å². The number of esters is 1. The van der Waals surface area contributed by atoms with Gasteiger partial charge in [-0.15, -0.1) is 0 Å². The third-order valence-corrected chi connectivity index (χ3v) is 4.90. The Hall–Kier alpha value is -2.88. The molecule has 7 nitrogen and oxygen atoms in total. The van der Waals surface area contributed by atoms with Gasteiger partial charge in [-0.3, -0.25) is 9.59 Å². The van der Waals surface area contributed by atoms with Gasteiger partial charge in [-0.1, -0.05) is 17.3 Å². The molecule has 2 aliphatic rings. The van der Waals surface area contributed by atoms with Crippen LogP contribution in [0.3, 0.4) is 0 Å². The molecule has 1 fully saturated rings. The van der Waals surface area contributed by atoms with E-state index in [0.717, 1.165) is 18.4 Å². The van der Waals surface area contributed by atoms with Crippen LogP contribution in [0.4, 0.5) is 0 Å². The average Bonchev–Trinajstić information content (AvgIpc) is 3.18. The van der Waals surface area contributed by atoms with Crippen molar-refractivity contribution in [3.8, 4) is 6.07 Å². The van der Waals surface area contributed by atoms with Crippen LogP contribution in [0.15, 0.2) is 29.4 Å². The molecule has 2 aliphatic heterocycles. The summed E-state index contributed by atoms with van der Waals surface area (Å²) in [6.07, 6.45) is 1.81. The standard InChI is InChI=1S/C19H21N3O4/c1-25-18(23)10-13-6-8-22(9-7-13)19(24)17-11-16(21-26-17)15-4-2-14(12-20)3-5-15/h2-5,13,17H,6-11H2,1H3. The molecule has 26 heavy (non-hydrogen) atoms. The van der Waals surface area contributed by atoms with E-state index < -0.39 is 6.10 Å². The smallest absolute Gasteiger partial charge is 0.305 e. The molecule has 0 saturated carbocycles. The maximum Gasteiger partial charge on any atom is 0.305 e. The SMILES string of the molecule is COC(=O)CC1CCN(C(=O)C2CC(c3ccc(C#N)cc3)=NO2)CC1. The second-order valence-corrected chi connectivity index (χ2v) is 6.57. The third-order valence-electron chi connectivity index (χ3n) is 4.90. The highest BCUT2D eigenvalue weighted by Crippen LogP contribution is 2.24. The molecule has 0 bridgehead atoms. The lowest BCUT2D eigenvalue weighted by Gasteiger charge is -2.32. The zero-order chi connectivity index (χ0) is 18.5. The normalized spacial score (nSPS) is 20.1. The van der Waals surface area contributed by atoms with Gasteiger partial charge in [0.1, 0.15) is 0 Å². The molecule has 1 atom stereocenters. The van der Waals surface area contributed by atoms with E-state index in [4.69, 9.17) is 14.8 Å². The van der Waals surface area contributed by atoms with Crippen molar-refractivity contribution < 1.29 is 19.2 Å². The molecule has 136 valence electrons. The van der Waals surface area contributed by atoms with Gasteiger partial charge < -0.3 is 14.5 Å². The number of nitrogens with zero attached hydrogens (tertiary/aromatic N) is 3.